The van der Waals surface area contributed by atoms with Gasteiger partial charge in [-0.2, -0.15) is 5.10 Å². The van der Waals surface area contributed by atoms with Gasteiger partial charge in [-0.25, -0.2) is 13.8 Å². The number of benzene rings is 1. The van der Waals surface area contributed by atoms with Gasteiger partial charge in [0, 0.05) is 62.1 Å². The molecule has 0 atom stereocenters. The number of allylic oxidation sites excluding steroid dienone is 1. The smallest absolute Gasteiger partial charge is 0.152 e. The van der Waals surface area contributed by atoms with E-state index in [2.05, 4.69) is 57.8 Å². The molecule has 8 heteroatoms. The van der Waals surface area contributed by atoms with Gasteiger partial charge in [0.05, 0.1) is 18.4 Å². The Labute approximate surface area is 212 Å². The fourth-order valence-corrected chi connectivity index (χ4v) is 5.40. The number of hydrogen-bond acceptors (Lipinski definition) is 5. The van der Waals surface area contributed by atoms with Crippen LogP contribution in [0.4, 0.5) is 14.6 Å². The molecule has 0 aliphatic carbocycles. The molecule has 1 fully saturated rings. The van der Waals surface area contributed by atoms with E-state index in [1.807, 2.05) is 23.0 Å². The van der Waals surface area contributed by atoms with Gasteiger partial charge >= 0.3 is 0 Å². The van der Waals surface area contributed by atoms with Crippen molar-refractivity contribution in [2.45, 2.75) is 45.4 Å². The molecule has 0 amide bonds. The van der Waals surface area contributed by atoms with Crippen LogP contribution in [0, 0.1) is 5.92 Å². The monoisotopic (exact) mass is 494 g/mol. The van der Waals surface area contributed by atoms with Crippen LogP contribution in [0.2, 0.25) is 0 Å². The number of rotatable bonds is 8. The second-order valence-corrected chi connectivity index (χ2v) is 10.6. The van der Waals surface area contributed by atoms with Crippen LogP contribution in [0.5, 0.6) is 0 Å². The normalized spacial score (nSPS) is 18.5. The molecule has 0 spiro atoms. The topological polar surface area (TPSA) is 49.2 Å². The Morgan fingerprint density at radius 2 is 1.89 bits per heavy atom. The van der Waals surface area contributed by atoms with Crippen molar-refractivity contribution in [1.82, 2.24) is 24.6 Å². The van der Waals surface area contributed by atoms with Crippen LogP contribution in [0.15, 0.2) is 48.9 Å². The van der Waals surface area contributed by atoms with Gasteiger partial charge < -0.3 is 10.2 Å². The predicted octanol–water partition coefficient (Wildman–Crippen LogP) is 5.27. The van der Waals surface area contributed by atoms with E-state index < -0.39 is 5.67 Å². The number of fused-ring (bicyclic) bond motifs is 2. The molecular weight excluding hydrogens is 458 g/mol. The molecule has 3 aromatic rings. The van der Waals surface area contributed by atoms with E-state index in [4.69, 9.17) is 0 Å². The fourth-order valence-electron chi connectivity index (χ4n) is 5.40. The Bertz CT molecular complexity index is 1230. The summed E-state index contributed by atoms with van der Waals surface area (Å²) in [4.78, 5) is 8.97. The molecule has 2 aliphatic heterocycles. The number of alkyl halides is 2. The zero-order valence-corrected chi connectivity index (χ0v) is 21.3. The Balaban J connectivity index is 1.33. The van der Waals surface area contributed by atoms with Crippen molar-refractivity contribution < 1.29 is 8.78 Å². The number of hydrogen-bond donors (Lipinski definition) is 1. The van der Waals surface area contributed by atoms with E-state index in [0.29, 0.717) is 43.4 Å². The van der Waals surface area contributed by atoms with Crippen molar-refractivity contribution in [3.05, 3.63) is 54.6 Å². The van der Waals surface area contributed by atoms with Gasteiger partial charge in [-0.1, -0.05) is 32.6 Å². The van der Waals surface area contributed by atoms with Crippen LogP contribution in [0.3, 0.4) is 0 Å². The maximum Gasteiger partial charge on any atom is 0.152 e. The van der Waals surface area contributed by atoms with Crippen molar-refractivity contribution in [1.29, 1.82) is 0 Å². The third-order valence-electron chi connectivity index (χ3n) is 7.48. The average molecular weight is 495 g/mol. The number of pyridine rings is 1. The Hall–Kier alpha value is -2.84. The molecule has 4 heterocycles. The van der Waals surface area contributed by atoms with Gasteiger partial charge in [0.2, 0.25) is 0 Å². The molecule has 0 saturated carbocycles. The molecule has 2 aromatic heterocycles. The first kappa shape index (κ1) is 24.8. The van der Waals surface area contributed by atoms with E-state index >= 15 is 4.39 Å². The lowest BCUT2D eigenvalue weighted by molar-refractivity contribution is 0.0825. The SMILES string of the molecule is C=C(Nc1cc2cc(-c3cnn4c3CN(CCF)CC4)ccc2cn1)C1(F)CCN(CC(C)C)CC1. The molecule has 0 bridgehead atoms. The third kappa shape index (κ3) is 5.15. The summed E-state index contributed by atoms with van der Waals surface area (Å²) >= 11 is 0. The summed E-state index contributed by atoms with van der Waals surface area (Å²) < 4.78 is 30.6. The van der Waals surface area contributed by atoms with Gasteiger partial charge in [0.25, 0.3) is 0 Å². The first-order chi connectivity index (χ1) is 17.3. The molecule has 1 saturated heterocycles. The predicted molar refractivity (Wildman–Crippen MR) is 141 cm³/mol. The van der Waals surface area contributed by atoms with Crippen molar-refractivity contribution in [2.24, 2.45) is 5.92 Å². The Morgan fingerprint density at radius 1 is 1.08 bits per heavy atom. The largest absolute Gasteiger partial charge is 0.341 e. The van der Waals surface area contributed by atoms with Gasteiger partial charge in [-0.15, -0.1) is 0 Å². The summed E-state index contributed by atoms with van der Waals surface area (Å²) in [5, 5.41) is 9.74. The quantitative estimate of drug-likeness (QED) is 0.462. The zero-order valence-electron chi connectivity index (χ0n) is 21.3. The molecule has 0 radical (unpaired) electrons. The van der Waals surface area contributed by atoms with E-state index in [0.717, 1.165) is 60.3 Å². The van der Waals surface area contributed by atoms with Crippen molar-refractivity contribution in [2.75, 3.05) is 44.7 Å². The molecule has 0 unspecified atom stereocenters. The van der Waals surface area contributed by atoms with Crippen molar-refractivity contribution >= 4 is 16.6 Å². The van der Waals surface area contributed by atoms with Gasteiger partial charge in [0.1, 0.15) is 12.5 Å². The number of anilines is 1. The first-order valence-electron chi connectivity index (χ1n) is 13.0. The zero-order chi connectivity index (χ0) is 25.3. The third-order valence-corrected chi connectivity index (χ3v) is 7.48. The summed E-state index contributed by atoms with van der Waals surface area (Å²) in [5.74, 6) is 1.17. The number of nitrogens with one attached hydrogen (secondary N) is 1. The number of likely N-dealkylation sites (tertiary alicyclic amines) is 1. The minimum atomic E-state index is -1.44. The maximum atomic E-state index is 15.7. The molecular formula is C28H36F2N6. The average Bonchev–Trinajstić information content (AvgIpc) is 3.28. The van der Waals surface area contributed by atoms with Crippen LogP contribution in [-0.4, -0.2) is 69.6 Å². The molecule has 36 heavy (non-hydrogen) atoms. The van der Waals surface area contributed by atoms with E-state index in [9.17, 15) is 4.39 Å². The number of aromatic nitrogens is 3. The van der Waals surface area contributed by atoms with Crippen LogP contribution in [0.25, 0.3) is 21.9 Å². The fraction of sp³-hybridized carbons (Fsp3) is 0.500. The lowest BCUT2D eigenvalue weighted by Gasteiger charge is -2.38. The highest BCUT2D eigenvalue weighted by Crippen LogP contribution is 2.35. The summed E-state index contributed by atoms with van der Waals surface area (Å²) in [6.07, 6.45) is 4.59. The number of piperidine rings is 1. The minimum Gasteiger partial charge on any atom is -0.341 e. The highest BCUT2D eigenvalue weighted by Gasteiger charge is 2.37. The van der Waals surface area contributed by atoms with E-state index in [1.165, 1.54) is 0 Å². The highest BCUT2D eigenvalue weighted by molar-refractivity contribution is 5.88. The molecule has 2 aliphatic rings. The van der Waals surface area contributed by atoms with Gasteiger partial charge in [0.15, 0.2) is 5.67 Å². The highest BCUT2D eigenvalue weighted by atomic mass is 19.1. The van der Waals surface area contributed by atoms with Crippen LogP contribution < -0.4 is 5.32 Å². The lowest BCUT2D eigenvalue weighted by atomic mass is 9.90. The standard InChI is InChI=1S/C28H36F2N6/c1-20(2)18-34-9-6-28(30,7-10-34)21(3)33-27-15-24-14-22(4-5-23(24)16-31-27)25-17-32-36-13-12-35(11-8-29)19-26(25)36/h4-5,14-17,20H,3,6-13,18-19H2,1-2H3,(H,31,33). The summed E-state index contributed by atoms with van der Waals surface area (Å²) in [6, 6.07) is 8.19. The summed E-state index contributed by atoms with van der Waals surface area (Å²) in [5.41, 5.74) is 2.18. The first-order valence-corrected chi connectivity index (χ1v) is 13.0. The van der Waals surface area contributed by atoms with Gasteiger partial charge in [-0.3, -0.25) is 9.58 Å². The summed E-state index contributed by atoms with van der Waals surface area (Å²) in [7, 11) is 0. The Kier molecular flexibility index (Phi) is 7.08. The number of nitrogens with zero attached hydrogens (tertiary/aromatic N) is 5. The van der Waals surface area contributed by atoms with Crippen molar-refractivity contribution in [3.63, 3.8) is 0 Å². The summed E-state index contributed by atoms with van der Waals surface area (Å²) in [6.45, 7) is 13.3. The molecule has 1 N–H and O–H groups in total. The van der Waals surface area contributed by atoms with E-state index in [-0.39, 0.29) is 6.67 Å². The van der Waals surface area contributed by atoms with Gasteiger partial charge in [-0.05, 0) is 41.8 Å². The molecule has 192 valence electrons. The Morgan fingerprint density at radius 3 is 2.64 bits per heavy atom. The maximum absolute atomic E-state index is 15.7. The van der Waals surface area contributed by atoms with E-state index in [1.54, 1.807) is 6.20 Å². The second-order valence-electron chi connectivity index (χ2n) is 10.6. The lowest BCUT2D eigenvalue weighted by Crippen LogP contribution is -2.45. The van der Waals surface area contributed by atoms with Crippen molar-refractivity contribution in [3.8, 4) is 11.1 Å². The molecule has 1 aromatic carbocycles. The van der Waals surface area contributed by atoms with Crippen LogP contribution in [0.1, 0.15) is 32.4 Å². The molecule has 6 nitrogen and oxygen atoms in total. The number of halogens is 2. The van der Waals surface area contributed by atoms with Crippen LogP contribution in [-0.2, 0) is 13.1 Å². The minimum absolute atomic E-state index is 0.343. The van der Waals surface area contributed by atoms with Crippen LogP contribution >= 0.6 is 0 Å². The second kappa shape index (κ2) is 10.3. The molecule has 5 rings (SSSR count).